The summed E-state index contributed by atoms with van der Waals surface area (Å²) in [5, 5.41) is 7.67. The first-order valence-corrected chi connectivity index (χ1v) is 20.5. The van der Waals surface area contributed by atoms with Gasteiger partial charge in [-0.1, -0.05) is 206 Å². The van der Waals surface area contributed by atoms with Gasteiger partial charge < -0.3 is 0 Å². The Morgan fingerprint density at radius 1 is 0.295 bits per heavy atom. The zero-order valence-corrected chi connectivity index (χ0v) is 33.1. The largest absolute Gasteiger partial charge is 0.231 e. The SMILES string of the molecule is c1ccc(-c2cccc(-c3nc(-c4ccccc4)nc(-c4cccc(-c5cccc6c5cc(-c5ccccc5)n5nc(-c7ccccc7)c(-c7ccccc7)c65)c4)n3)c2)cc1. The van der Waals surface area contributed by atoms with Crippen molar-refractivity contribution in [1.29, 1.82) is 0 Å². The van der Waals surface area contributed by atoms with Crippen LogP contribution >= 0.6 is 0 Å². The van der Waals surface area contributed by atoms with Crippen LogP contribution in [0.3, 0.4) is 0 Å². The number of aromatic nitrogens is 5. The fourth-order valence-electron chi connectivity index (χ4n) is 8.35. The third-order valence-corrected chi connectivity index (χ3v) is 11.3. The maximum Gasteiger partial charge on any atom is 0.164 e. The lowest BCUT2D eigenvalue weighted by molar-refractivity contribution is 0.979. The van der Waals surface area contributed by atoms with Crippen molar-refractivity contribution in [2.24, 2.45) is 0 Å². The van der Waals surface area contributed by atoms with Gasteiger partial charge in [-0.2, -0.15) is 5.10 Å². The first-order valence-electron chi connectivity index (χ1n) is 20.5. The van der Waals surface area contributed by atoms with E-state index in [-0.39, 0.29) is 0 Å². The maximum absolute atomic E-state index is 5.43. The minimum atomic E-state index is 0.609. The van der Waals surface area contributed by atoms with E-state index in [2.05, 4.69) is 193 Å². The van der Waals surface area contributed by atoms with Crippen LogP contribution in [-0.4, -0.2) is 24.6 Å². The highest BCUT2D eigenvalue weighted by molar-refractivity contribution is 6.12. The van der Waals surface area contributed by atoms with Gasteiger partial charge in [-0.05, 0) is 51.4 Å². The van der Waals surface area contributed by atoms with E-state index in [0.717, 1.165) is 88.9 Å². The highest BCUT2D eigenvalue weighted by Gasteiger charge is 2.23. The van der Waals surface area contributed by atoms with Crippen LogP contribution in [0.1, 0.15) is 0 Å². The monoisotopic (exact) mass is 779 g/mol. The Morgan fingerprint density at radius 3 is 1.34 bits per heavy atom. The summed E-state index contributed by atoms with van der Waals surface area (Å²) in [5.41, 5.74) is 14.6. The molecule has 0 N–H and O–H groups in total. The normalized spacial score (nSPS) is 11.3. The Bertz CT molecular complexity index is 3330. The molecule has 8 aromatic carbocycles. The van der Waals surface area contributed by atoms with Crippen LogP contribution in [0.25, 0.3) is 106 Å². The molecule has 0 radical (unpaired) electrons. The lowest BCUT2D eigenvalue weighted by atomic mass is 9.93. The molecule has 286 valence electrons. The lowest BCUT2D eigenvalue weighted by Crippen LogP contribution is -2.00. The number of nitrogens with zero attached hydrogens (tertiary/aromatic N) is 5. The molecule has 11 aromatic rings. The van der Waals surface area contributed by atoms with Gasteiger partial charge in [0.2, 0.25) is 0 Å². The van der Waals surface area contributed by atoms with E-state index < -0.39 is 0 Å². The van der Waals surface area contributed by atoms with Gasteiger partial charge in [0.05, 0.1) is 11.2 Å². The number of rotatable bonds is 8. The van der Waals surface area contributed by atoms with Crippen LogP contribution in [0.15, 0.2) is 224 Å². The summed E-state index contributed by atoms with van der Waals surface area (Å²) in [7, 11) is 0. The van der Waals surface area contributed by atoms with Crippen molar-refractivity contribution in [2.75, 3.05) is 0 Å². The van der Waals surface area contributed by atoms with Crippen LogP contribution in [-0.2, 0) is 0 Å². The predicted molar refractivity (Wildman–Crippen MR) is 250 cm³/mol. The number of hydrogen-bond acceptors (Lipinski definition) is 4. The Hall–Kier alpha value is -8.28. The Kier molecular flexibility index (Phi) is 9.10. The summed E-state index contributed by atoms with van der Waals surface area (Å²) in [6.45, 7) is 0. The van der Waals surface area contributed by atoms with Crippen molar-refractivity contribution in [1.82, 2.24) is 24.6 Å². The van der Waals surface area contributed by atoms with Crippen LogP contribution in [0.2, 0.25) is 0 Å². The minimum absolute atomic E-state index is 0.609. The van der Waals surface area contributed by atoms with Gasteiger partial charge in [0.25, 0.3) is 0 Å². The number of fused-ring (bicyclic) bond motifs is 3. The van der Waals surface area contributed by atoms with Crippen molar-refractivity contribution in [3.8, 4) is 90.1 Å². The molecule has 0 amide bonds. The van der Waals surface area contributed by atoms with E-state index in [9.17, 15) is 0 Å². The van der Waals surface area contributed by atoms with E-state index in [1.165, 1.54) is 0 Å². The van der Waals surface area contributed by atoms with Crippen LogP contribution in [0.4, 0.5) is 0 Å². The highest BCUT2D eigenvalue weighted by atomic mass is 15.2. The Balaban J connectivity index is 1.12. The minimum Gasteiger partial charge on any atom is -0.231 e. The average molecular weight is 780 g/mol. The fraction of sp³-hybridized carbons (Fsp3) is 0. The number of pyridine rings is 1. The smallest absolute Gasteiger partial charge is 0.164 e. The third-order valence-electron chi connectivity index (χ3n) is 11.3. The second-order valence-corrected chi connectivity index (χ2v) is 15.1. The topological polar surface area (TPSA) is 56.0 Å². The first kappa shape index (κ1) is 35.8. The van der Waals surface area contributed by atoms with Crippen molar-refractivity contribution in [3.63, 3.8) is 0 Å². The molecule has 0 aliphatic carbocycles. The van der Waals surface area contributed by atoms with E-state index in [4.69, 9.17) is 20.1 Å². The fourth-order valence-corrected chi connectivity index (χ4v) is 8.35. The quantitative estimate of drug-likeness (QED) is 0.154. The zero-order chi connectivity index (χ0) is 40.5. The molecule has 5 heteroatoms. The molecular weight excluding hydrogens is 743 g/mol. The zero-order valence-electron chi connectivity index (χ0n) is 33.1. The molecule has 0 unspecified atom stereocenters. The molecule has 0 fully saturated rings. The number of hydrogen-bond donors (Lipinski definition) is 0. The van der Waals surface area contributed by atoms with E-state index >= 15 is 0 Å². The van der Waals surface area contributed by atoms with Crippen LogP contribution < -0.4 is 0 Å². The molecule has 0 aliphatic rings. The van der Waals surface area contributed by atoms with Crippen LogP contribution in [0, 0.1) is 0 Å². The van der Waals surface area contributed by atoms with Gasteiger partial charge in [0.1, 0.15) is 5.69 Å². The average Bonchev–Trinajstić information content (AvgIpc) is 3.76. The third kappa shape index (κ3) is 6.74. The van der Waals surface area contributed by atoms with Gasteiger partial charge in [-0.15, -0.1) is 0 Å². The molecule has 0 aliphatic heterocycles. The van der Waals surface area contributed by atoms with E-state index in [1.807, 2.05) is 36.4 Å². The second kappa shape index (κ2) is 15.5. The van der Waals surface area contributed by atoms with Crippen molar-refractivity contribution >= 4 is 16.3 Å². The molecular formula is C56H37N5. The van der Waals surface area contributed by atoms with Crippen molar-refractivity contribution < 1.29 is 0 Å². The van der Waals surface area contributed by atoms with Gasteiger partial charge in [0.15, 0.2) is 17.5 Å². The van der Waals surface area contributed by atoms with Gasteiger partial charge in [-0.25, -0.2) is 19.5 Å². The van der Waals surface area contributed by atoms with Crippen molar-refractivity contribution in [2.45, 2.75) is 0 Å². The molecule has 0 atom stereocenters. The van der Waals surface area contributed by atoms with E-state index in [0.29, 0.717) is 17.5 Å². The Labute approximate surface area is 354 Å². The van der Waals surface area contributed by atoms with E-state index in [1.54, 1.807) is 0 Å². The second-order valence-electron chi connectivity index (χ2n) is 15.1. The predicted octanol–water partition coefficient (Wildman–Crippen LogP) is 14.0. The van der Waals surface area contributed by atoms with Gasteiger partial charge >= 0.3 is 0 Å². The molecule has 5 nitrogen and oxygen atoms in total. The molecule has 0 bridgehead atoms. The molecule has 0 saturated carbocycles. The summed E-state index contributed by atoms with van der Waals surface area (Å²) in [4.78, 5) is 15.3. The summed E-state index contributed by atoms with van der Waals surface area (Å²) in [5.74, 6) is 1.85. The molecule has 0 saturated heterocycles. The summed E-state index contributed by atoms with van der Waals surface area (Å²) in [6.07, 6.45) is 0. The molecule has 11 rings (SSSR count). The summed E-state index contributed by atoms with van der Waals surface area (Å²) < 4.78 is 2.15. The molecule has 0 spiro atoms. The summed E-state index contributed by atoms with van der Waals surface area (Å²) >= 11 is 0. The summed E-state index contributed by atoms with van der Waals surface area (Å²) in [6, 6.07) is 78.1. The maximum atomic E-state index is 5.43. The van der Waals surface area contributed by atoms with Crippen LogP contribution in [0.5, 0.6) is 0 Å². The Morgan fingerprint density at radius 2 is 0.738 bits per heavy atom. The highest BCUT2D eigenvalue weighted by Crippen LogP contribution is 2.43. The van der Waals surface area contributed by atoms with Crippen molar-refractivity contribution in [3.05, 3.63) is 224 Å². The van der Waals surface area contributed by atoms with Gasteiger partial charge in [-0.3, -0.25) is 0 Å². The first-order chi connectivity index (χ1) is 30.2. The molecule has 3 aromatic heterocycles. The number of benzene rings is 8. The molecule has 61 heavy (non-hydrogen) atoms. The van der Waals surface area contributed by atoms with Gasteiger partial charge in [0, 0.05) is 38.8 Å². The lowest BCUT2D eigenvalue weighted by Gasteiger charge is -2.14. The molecule has 3 heterocycles. The standard InChI is InChI=1S/C56H37N5/c1-6-19-38(20-7-1)43-29-16-31-45(35-43)55-57-54(42-27-14-5-15-28-42)58-56(59-55)46-32-17-30-44(36-46)47-33-18-34-48-49(47)37-50(39-21-8-2-9-22-39)61-53(48)51(40-23-10-3-11-24-40)52(60-61)41-25-12-4-13-26-41/h1-37H.